The molecule has 2 aliphatic heterocycles. The second kappa shape index (κ2) is 8.70. The number of nitrogens with one attached hydrogen (secondary N) is 1. The lowest BCUT2D eigenvalue weighted by molar-refractivity contribution is -0.130. The van der Waals surface area contributed by atoms with Gasteiger partial charge in [-0.25, -0.2) is 4.79 Å². The van der Waals surface area contributed by atoms with Crippen LogP contribution in [0.3, 0.4) is 0 Å². The van der Waals surface area contributed by atoms with E-state index < -0.39 is 0 Å². The Bertz CT molecular complexity index is 964. The normalized spacial score (nSPS) is 34.8. The molecule has 2 atom stereocenters. The van der Waals surface area contributed by atoms with Crippen molar-refractivity contribution in [3.8, 4) is 5.75 Å². The summed E-state index contributed by atoms with van der Waals surface area (Å²) in [5.41, 5.74) is 2.31. The number of carbonyl (C=O) groups excluding carboxylic acids is 2. The van der Waals surface area contributed by atoms with Crippen LogP contribution in [-0.4, -0.2) is 48.6 Å². The predicted molar refractivity (Wildman–Crippen MR) is 137 cm³/mol. The van der Waals surface area contributed by atoms with Crippen LogP contribution in [0.5, 0.6) is 5.75 Å². The summed E-state index contributed by atoms with van der Waals surface area (Å²) >= 11 is 0. The molecule has 1 aromatic carbocycles. The molecule has 0 radical (unpaired) electrons. The van der Waals surface area contributed by atoms with Crippen LogP contribution in [0.2, 0.25) is 0 Å². The van der Waals surface area contributed by atoms with Crippen molar-refractivity contribution < 1.29 is 14.3 Å². The third kappa shape index (κ3) is 4.21. The summed E-state index contributed by atoms with van der Waals surface area (Å²) in [6.45, 7) is 8.13. The summed E-state index contributed by atoms with van der Waals surface area (Å²) in [6.07, 6.45) is 9.67. The number of hydrogen-bond donors (Lipinski definition) is 1. The Balaban J connectivity index is 1.06. The minimum Gasteiger partial charge on any atom is -0.487 e. The first-order valence-corrected chi connectivity index (χ1v) is 13.9. The molecule has 1 saturated heterocycles. The van der Waals surface area contributed by atoms with Crippen LogP contribution >= 0.6 is 0 Å². The first kappa shape index (κ1) is 23.2. The van der Waals surface area contributed by atoms with Gasteiger partial charge >= 0.3 is 6.03 Å². The van der Waals surface area contributed by atoms with Crippen molar-refractivity contribution in [2.24, 2.45) is 29.1 Å². The molecule has 4 aliphatic carbocycles. The van der Waals surface area contributed by atoms with Gasteiger partial charge in [0.15, 0.2) is 0 Å². The quantitative estimate of drug-likeness (QED) is 0.653. The first-order valence-electron chi connectivity index (χ1n) is 13.9. The predicted octanol–water partition coefficient (Wildman–Crippen LogP) is 5.14. The fourth-order valence-corrected chi connectivity index (χ4v) is 8.42. The molecule has 0 aromatic heterocycles. The molecule has 7 rings (SSSR count). The molecule has 190 valence electrons. The molecule has 2 heterocycles. The molecule has 4 bridgehead atoms. The molecular formula is C29H41N3O3. The van der Waals surface area contributed by atoms with Crippen LogP contribution in [0.15, 0.2) is 18.2 Å². The molecule has 35 heavy (non-hydrogen) atoms. The number of anilines is 1. The Labute approximate surface area is 209 Å². The molecule has 0 spiro atoms. The number of fused-ring (bicyclic) bond motifs is 1. The number of nitrogens with zero attached hydrogens (tertiary/aromatic N) is 2. The Morgan fingerprint density at radius 1 is 1.06 bits per heavy atom. The van der Waals surface area contributed by atoms with Gasteiger partial charge in [0, 0.05) is 25.0 Å². The summed E-state index contributed by atoms with van der Waals surface area (Å²) < 4.78 is 5.96. The topological polar surface area (TPSA) is 61.9 Å². The third-order valence-corrected chi connectivity index (χ3v) is 9.90. The average Bonchev–Trinajstić information content (AvgIpc) is 2.82. The number of urea groups is 1. The van der Waals surface area contributed by atoms with E-state index in [2.05, 4.69) is 12.2 Å². The van der Waals surface area contributed by atoms with Crippen LogP contribution in [0.1, 0.15) is 70.8 Å². The lowest BCUT2D eigenvalue weighted by Gasteiger charge is -2.59. The van der Waals surface area contributed by atoms with Crippen LogP contribution < -0.4 is 15.0 Å². The summed E-state index contributed by atoms with van der Waals surface area (Å²) in [5, 5.41) is 3.47. The van der Waals surface area contributed by atoms with E-state index >= 15 is 0 Å². The zero-order valence-corrected chi connectivity index (χ0v) is 21.6. The molecule has 3 amide bonds. The summed E-state index contributed by atoms with van der Waals surface area (Å²) in [4.78, 5) is 30.6. The van der Waals surface area contributed by atoms with Gasteiger partial charge in [-0.2, -0.15) is 0 Å². The van der Waals surface area contributed by atoms with Gasteiger partial charge in [0.1, 0.15) is 11.9 Å². The number of likely N-dealkylation sites (tertiary alicyclic amines) is 1. The molecule has 0 unspecified atom stereocenters. The highest BCUT2D eigenvalue weighted by atomic mass is 16.5. The molecular weight excluding hydrogens is 438 g/mol. The lowest BCUT2D eigenvalue weighted by Crippen LogP contribution is -2.57. The van der Waals surface area contributed by atoms with Gasteiger partial charge in [0.05, 0.1) is 12.2 Å². The minimum absolute atomic E-state index is 0.00792. The smallest absolute Gasteiger partial charge is 0.324 e. The average molecular weight is 480 g/mol. The minimum atomic E-state index is -0.0384. The molecule has 6 aliphatic rings. The van der Waals surface area contributed by atoms with Crippen LogP contribution in [0.4, 0.5) is 10.5 Å². The fraction of sp³-hybridized carbons (Fsp3) is 0.724. The largest absolute Gasteiger partial charge is 0.487 e. The van der Waals surface area contributed by atoms with E-state index in [4.69, 9.17) is 4.74 Å². The number of rotatable bonds is 3. The number of piperidine rings is 1. The number of amides is 3. The highest BCUT2D eigenvalue weighted by Crippen LogP contribution is 2.61. The van der Waals surface area contributed by atoms with Crippen LogP contribution in [0, 0.1) is 36.0 Å². The van der Waals surface area contributed by atoms with Gasteiger partial charge in [-0.05, 0) is 113 Å². The monoisotopic (exact) mass is 479 g/mol. The van der Waals surface area contributed by atoms with Crippen LogP contribution in [-0.2, 0) is 4.79 Å². The molecule has 5 fully saturated rings. The van der Waals surface area contributed by atoms with Crippen molar-refractivity contribution in [2.75, 3.05) is 24.5 Å². The molecule has 6 nitrogen and oxygen atoms in total. The summed E-state index contributed by atoms with van der Waals surface area (Å²) in [5.74, 6) is 3.68. The van der Waals surface area contributed by atoms with E-state index in [0.29, 0.717) is 25.0 Å². The lowest BCUT2D eigenvalue weighted by atomic mass is 9.48. The van der Waals surface area contributed by atoms with Gasteiger partial charge in [0.25, 0.3) is 0 Å². The van der Waals surface area contributed by atoms with Gasteiger partial charge in [-0.1, -0.05) is 6.07 Å². The molecule has 1 N–H and O–H groups in total. The second-order valence-electron chi connectivity index (χ2n) is 12.6. The zero-order chi connectivity index (χ0) is 24.3. The Morgan fingerprint density at radius 2 is 1.69 bits per heavy atom. The molecule has 4 saturated carbocycles. The Hall–Kier alpha value is -2.24. The molecule has 1 aromatic rings. The third-order valence-electron chi connectivity index (χ3n) is 9.90. The van der Waals surface area contributed by atoms with Crippen molar-refractivity contribution in [2.45, 2.75) is 84.3 Å². The maximum Gasteiger partial charge on any atom is 0.324 e. The first-order chi connectivity index (χ1) is 16.8. The summed E-state index contributed by atoms with van der Waals surface area (Å²) in [6, 6.07) is 6.31. The fourth-order valence-electron chi connectivity index (χ4n) is 8.42. The Kier molecular flexibility index (Phi) is 5.76. The van der Waals surface area contributed by atoms with Gasteiger partial charge in [-0.3, -0.25) is 9.69 Å². The molecule has 6 heteroatoms. The van der Waals surface area contributed by atoms with Crippen molar-refractivity contribution in [3.63, 3.8) is 0 Å². The van der Waals surface area contributed by atoms with Gasteiger partial charge in [0.2, 0.25) is 5.91 Å². The van der Waals surface area contributed by atoms with Crippen molar-refractivity contribution in [3.05, 3.63) is 23.8 Å². The van der Waals surface area contributed by atoms with Crippen molar-refractivity contribution in [1.29, 1.82) is 0 Å². The maximum absolute atomic E-state index is 13.5. The maximum atomic E-state index is 13.5. The highest BCUT2D eigenvalue weighted by molar-refractivity contribution is 5.94. The number of ether oxygens (including phenoxy) is 1. The van der Waals surface area contributed by atoms with E-state index in [1.165, 1.54) is 38.5 Å². The second-order valence-corrected chi connectivity index (χ2v) is 12.6. The van der Waals surface area contributed by atoms with Gasteiger partial charge < -0.3 is 15.0 Å². The van der Waals surface area contributed by atoms with E-state index in [1.807, 2.05) is 41.8 Å². The number of aryl methyl sites for hydroxylation is 1. The zero-order valence-electron chi connectivity index (χ0n) is 21.6. The standard InChI is InChI=1S/C29H41N3O3/c1-18-4-5-26-25(10-18)32(17-19(2)35-26)28(34)31-8-6-24(7-9-31)27(33)30-20(3)29-14-21-11-22(15-29)13-23(12-21)16-29/h4-5,10,19-24H,6-9,11-17H2,1-3H3,(H,30,33)/t19-,20+,21?,22?,23?,29?/m0/s1. The van der Waals surface area contributed by atoms with Gasteiger partial charge in [-0.15, -0.1) is 0 Å². The van der Waals surface area contributed by atoms with E-state index in [9.17, 15) is 9.59 Å². The summed E-state index contributed by atoms with van der Waals surface area (Å²) in [7, 11) is 0. The van der Waals surface area contributed by atoms with E-state index in [1.54, 1.807) is 0 Å². The Morgan fingerprint density at radius 3 is 2.31 bits per heavy atom. The highest BCUT2D eigenvalue weighted by Gasteiger charge is 2.53. The van der Waals surface area contributed by atoms with Crippen molar-refractivity contribution >= 4 is 17.6 Å². The van der Waals surface area contributed by atoms with Crippen LogP contribution in [0.25, 0.3) is 0 Å². The number of hydrogen-bond acceptors (Lipinski definition) is 3. The number of benzene rings is 1. The number of carbonyl (C=O) groups is 2. The van der Waals surface area contributed by atoms with E-state index in [-0.39, 0.29) is 30.0 Å². The SMILES string of the molecule is Cc1ccc2c(c1)N(C(=O)N1CCC(C(=O)N[C@H](C)C34CC5CC(CC(C5)C3)C4)CC1)C[C@H](C)O2. The van der Waals surface area contributed by atoms with E-state index in [0.717, 1.165) is 47.6 Å². The van der Waals surface area contributed by atoms with Crippen molar-refractivity contribution in [1.82, 2.24) is 10.2 Å².